The Morgan fingerprint density at radius 1 is 0.795 bits per heavy atom. The molecule has 4 atom stereocenters. The zero-order valence-electron chi connectivity index (χ0n) is 25.4. The van der Waals surface area contributed by atoms with Gasteiger partial charge in [-0.05, 0) is 36.8 Å². The van der Waals surface area contributed by atoms with Gasteiger partial charge in [-0.1, -0.05) is 93.8 Å². The molecule has 0 aromatic heterocycles. The first kappa shape index (κ1) is 34.0. The van der Waals surface area contributed by atoms with Crippen molar-refractivity contribution in [1.82, 2.24) is 21.3 Å². The molecule has 1 aliphatic carbocycles. The lowest BCUT2D eigenvalue weighted by atomic mass is 9.93. The number of hydrogen-bond donors (Lipinski definition) is 5. The molecule has 11 nitrogen and oxygen atoms in total. The van der Waals surface area contributed by atoms with Crippen LogP contribution in [0.3, 0.4) is 0 Å². The lowest BCUT2D eigenvalue weighted by molar-refractivity contribution is -0.148. The van der Waals surface area contributed by atoms with E-state index in [1.165, 1.54) is 6.92 Å². The Kier molecular flexibility index (Phi) is 12.2. The molecule has 0 heterocycles. The molecule has 2 unspecified atom stereocenters. The number of carboxylic acid groups (broad SMARTS) is 1. The molecule has 2 aromatic carbocycles. The van der Waals surface area contributed by atoms with Gasteiger partial charge in [0.05, 0.1) is 12.5 Å². The fourth-order valence-electron chi connectivity index (χ4n) is 5.26. The molecular formula is C33H42N4O7. The molecule has 0 bridgehead atoms. The maximum atomic E-state index is 13.3. The fraction of sp³-hybridized carbons (Fsp3) is 0.455. The summed E-state index contributed by atoms with van der Waals surface area (Å²) in [7, 11) is 0. The third kappa shape index (κ3) is 9.23. The van der Waals surface area contributed by atoms with E-state index in [0.717, 1.165) is 11.1 Å². The van der Waals surface area contributed by atoms with Gasteiger partial charge in [0.1, 0.15) is 17.6 Å². The zero-order valence-corrected chi connectivity index (χ0v) is 25.4. The number of carbonyl (C=O) groups is 6. The molecule has 3 rings (SSSR count). The summed E-state index contributed by atoms with van der Waals surface area (Å²) in [5.74, 6) is -5.31. The highest BCUT2D eigenvalue weighted by molar-refractivity contribution is 6.38. The van der Waals surface area contributed by atoms with Gasteiger partial charge in [0.25, 0.3) is 5.91 Å². The summed E-state index contributed by atoms with van der Waals surface area (Å²) in [6.45, 7) is 4.87. The Balaban J connectivity index is 1.68. The topological polar surface area (TPSA) is 171 Å². The van der Waals surface area contributed by atoms with Gasteiger partial charge in [-0.3, -0.25) is 24.0 Å². The standard InChI is InChI=1S/C33H42N4O7/c1-4-21(2)27(30(41)37-33(32(43)44)17-11-12-18-33)36-31(42)28(39)22(3)34-29(40)25(19-23-13-7-5-8-14-23)35-26(38)20-24-15-9-6-10-16-24/h5-10,13-16,21-22,25,27H,4,11-12,17-20H2,1-3H3,(H,34,40)(H,35,38)(H,36,42)(H,37,41)(H,43,44)/t21-,22?,25-,27?/m0/s1. The van der Waals surface area contributed by atoms with Crippen molar-refractivity contribution in [2.75, 3.05) is 0 Å². The molecule has 1 aliphatic rings. The minimum atomic E-state index is -1.41. The first-order valence-electron chi connectivity index (χ1n) is 15.0. The lowest BCUT2D eigenvalue weighted by Gasteiger charge is -2.30. The first-order valence-corrected chi connectivity index (χ1v) is 15.0. The molecule has 236 valence electrons. The average molecular weight is 607 g/mol. The van der Waals surface area contributed by atoms with Gasteiger partial charge in [0.15, 0.2) is 0 Å². The smallest absolute Gasteiger partial charge is 0.329 e. The molecule has 1 saturated carbocycles. The van der Waals surface area contributed by atoms with Crippen molar-refractivity contribution in [2.24, 2.45) is 5.92 Å². The minimum absolute atomic E-state index is 0.0541. The molecule has 0 aliphatic heterocycles. The van der Waals surface area contributed by atoms with E-state index < -0.39 is 59.1 Å². The second kappa shape index (κ2) is 15.8. The van der Waals surface area contributed by atoms with E-state index in [0.29, 0.717) is 19.3 Å². The molecule has 1 fully saturated rings. The van der Waals surface area contributed by atoms with Crippen molar-refractivity contribution in [3.05, 3.63) is 71.8 Å². The summed E-state index contributed by atoms with van der Waals surface area (Å²) < 4.78 is 0. The first-order chi connectivity index (χ1) is 21.0. The Morgan fingerprint density at radius 3 is 1.91 bits per heavy atom. The molecule has 11 heteroatoms. The van der Waals surface area contributed by atoms with E-state index in [1.807, 2.05) is 43.3 Å². The number of Topliss-reactive ketones (excluding diaryl/α,β-unsaturated/α-hetero) is 1. The summed E-state index contributed by atoms with van der Waals surface area (Å²) in [5.41, 5.74) is 0.150. The third-order valence-corrected chi connectivity index (χ3v) is 8.13. The Bertz CT molecular complexity index is 1330. The van der Waals surface area contributed by atoms with Crippen LogP contribution in [0.5, 0.6) is 0 Å². The van der Waals surface area contributed by atoms with Crippen molar-refractivity contribution in [3.8, 4) is 0 Å². The van der Waals surface area contributed by atoms with Gasteiger partial charge in [0.2, 0.25) is 23.5 Å². The van der Waals surface area contributed by atoms with E-state index in [-0.39, 0.29) is 31.6 Å². The second-order valence-electron chi connectivity index (χ2n) is 11.5. The van der Waals surface area contributed by atoms with Crippen LogP contribution in [0, 0.1) is 5.92 Å². The number of aliphatic carboxylic acids is 1. The van der Waals surface area contributed by atoms with Gasteiger partial charge < -0.3 is 26.4 Å². The van der Waals surface area contributed by atoms with Gasteiger partial charge in [-0.15, -0.1) is 0 Å². The third-order valence-electron chi connectivity index (χ3n) is 8.13. The normalized spacial score (nSPS) is 16.4. The highest BCUT2D eigenvalue weighted by Crippen LogP contribution is 2.30. The number of carbonyl (C=O) groups excluding carboxylic acids is 5. The van der Waals surface area contributed by atoms with E-state index in [2.05, 4.69) is 21.3 Å². The minimum Gasteiger partial charge on any atom is -0.480 e. The summed E-state index contributed by atoms with van der Waals surface area (Å²) in [5, 5.41) is 20.1. The Labute approximate surface area is 257 Å². The van der Waals surface area contributed by atoms with Gasteiger partial charge in [-0.25, -0.2) is 4.79 Å². The average Bonchev–Trinajstić information content (AvgIpc) is 3.49. The number of ketones is 1. The van der Waals surface area contributed by atoms with Crippen LogP contribution in [0.25, 0.3) is 0 Å². The number of benzene rings is 2. The van der Waals surface area contributed by atoms with Crippen LogP contribution < -0.4 is 21.3 Å². The van der Waals surface area contributed by atoms with Crippen molar-refractivity contribution >= 4 is 35.4 Å². The largest absolute Gasteiger partial charge is 0.480 e. The molecular weight excluding hydrogens is 564 g/mol. The molecule has 0 radical (unpaired) electrons. The summed E-state index contributed by atoms with van der Waals surface area (Å²) in [6, 6.07) is 14.7. The van der Waals surface area contributed by atoms with E-state index >= 15 is 0 Å². The van der Waals surface area contributed by atoms with Gasteiger partial charge >= 0.3 is 5.97 Å². The molecule has 44 heavy (non-hydrogen) atoms. The van der Waals surface area contributed by atoms with E-state index in [1.54, 1.807) is 31.2 Å². The molecule has 0 spiro atoms. The zero-order chi connectivity index (χ0) is 32.3. The highest BCUT2D eigenvalue weighted by Gasteiger charge is 2.44. The van der Waals surface area contributed by atoms with Crippen molar-refractivity contribution in [3.63, 3.8) is 0 Å². The van der Waals surface area contributed by atoms with Crippen LogP contribution in [0.4, 0.5) is 0 Å². The maximum absolute atomic E-state index is 13.3. The molecule has 4 amide bonds. The van der Waals surface area contributed by atoms with Crippen LogP contribution in [0.2, 0.25) is 0 Å². The number of carboxylic acids is 1. The second-order valence-corrected chi connectivity index (χ2v) is 11.5. The van der Waals surface area contributed by atoms with Crippen LogP contribution in [-0.2, 0) is 41.6 Å². The molecule has 0 saturated heterocycles. The predicted molar refractivity (Wildman–Crippen MR) is 163 cm³/mol. The fourth-order valence-corrected chi connectivity index (χ4v) is 5.26. The maximum Gasteiger partial charge on any atom is 0.329 e. The van der Waals surface area contributed by atoms with Crippen LogP contribution >= 0.6 is 0 Å². The van der Waals surface area contributed by atoms with E-state index in [4.69, 9.17) is 0 Å². The summed E-state index contributed by atoms with van der Waals surface area (Å²) >= 11 is 0. The van der Waals surface area contributed by atoms with Gasteiger partial charge in [-0.2, -0.15) is 0 Å². The van der Waals surface area contributed by atoms with Crippen molar-refractivity contribution in [2.45, 2.75) is 89.4 Å². The SMILES string of the molecule is CC[C@H](C)C(NC(=O)C(=O)C(C)NC(=O)[C@H](Cc1ccccc1)NC(=O)Cc1ccccc1)C(=O)NC1(C(=O)O)CCCC1. The van der Waals surface area contributed by atoms with Crippen LogP contribution in [-0.4, -0.2) is 64.2 Å². The summed E-state index contributed by atoms with van der Waals surface area (Å²) in [6.07, 6.45) is 2.55. The Morgan fingerprint density at radius 2 is 1.36 bits per heavy atom. The highest BCUT2D eigenvalue weighted by atomic mass is 16.4. The van der Waals surface area contributed by atoms with E-state index in [9.17, 15) is 33.9 Å². The van der Waals surface area contributed by atoms with Crippen molar-refractivity contribution < 1.29 is 33.9 Å². The van der Waals surface area contributed by atoms with Crippen LogP contribution in [0.15, 0.2) is 60.7 Å². The monoisotopic (exact) mass is 606 g/mol. The predicted octanol–water partition coefficient (Wildman–Crippen LogP) is 2.07. The quantitative estimate of drug-likeness (QED) is 0.193. The molecule has 2 aromatic rings. The Hall–Kier alpha value is -4.54. The number of hydrogen-bond acceptors (Lipinski definition) is 6. The van der Waals surface area contributed by atoms with Gasteiger partial charge in [0, 0.05) is 6.42 Å². The summed E-state index contributed by atoms with van der Waals surface area (Å²) in [4.78, 5) is 77.4. The van der Waals surface area contributed by atoms with Crippen molar-refractivity contribution in [1.29, 1.82) is 0 Å². The lowest BCUT2D eigenvalue weighted by Crippen LogP contribution is -2.61. The number of amides is 4. The molecule has 5 N–H and O–H groups in total. The number of nitrogens with one attached hydrogen (secondary N) is 4. The van der Waals surface area contributed by atoms with Crippen LogP contribution in [0.1, 0.15) is 64.0 Å². The number of rotatable bonds is 15.